The molecule has 1 aromatic rings. The topological polar surface area (TPSA) is 34.1 Å². The van der Waals surface area contributed by atoms with Crippen LogP contribution in [0, 0.1) is 11.8 Å². The van der Waals surface area contributed by atoms with Gasteiger partial charge in [0.25, 0.3) is 0 Å². The van der Waals surface area contributed by atoms with Crippen LogP contribution in [0.15, 0.2) is 45.3 Å². The molecule has 0 radical (unpaired) electrons. The molecule has 0 aromatic heterocycles. The maximum Gasteiger partial charge on any atom is 0.202 e. The van der Waals surface area contributed by atoms with Gasteiger partial charge in [0.1, 0.15) is 0 Å². The first kappa shape index (κ1) is 14.1. The van der Waals surface area contributed by atoms with Crippen LogP contribution in [0.1, 0.15) is 19.3 Å². The van der Waals surface area contributed by atoms with Gasteiger partial charge in [-0.2, -0.15) is 0 Å². The van der Waals surface area contributed by atoms with E-state index in [2.05, 4.69) is 19.6 Å². The number of sulfone groups is 1. The lowest BCUT2D eigenvalue weighted by molar-refractivity contribution is 0.587. The summed E-state index contributed by atoms with van der Waals surface area (Å²) >= 11 is 0. The molecular weight excluding hydrogens is 284 g/mol. The van der Waals surface area contributed by atoms with Crippen molar-refractivity contribution in [2.75, 3.05) is 0 Å². The zero-order chi connectivity index (χ0) is 14.5. The third-order valence-electron chi connectivity index (χ3n) is 4.63. The Morgan fingerprint density at radius 1 is 1.00 bits per heavy atom. The SMILES string of the molecule is C[Si](C)(C)C1=C(S(=O)(=O)c2ccccc2)[C@@H]2CC[C@H]1C2. The van der Waals surface area contributed by atoms with Gasteiger partial charge in [0.15, 0.2) is 0 Å². The smallest absolute Gasteiger partial charge is 0.202 e. The molecule has 0 amide bonds. The minimum absolute atomic E-state index is 0.284. The van der Waals surface area contributed by atoms with Crippen molar-refractivity contribution in [2.24, 2.45) is 11.8 Å². The molecule has 2 bridgehead atoms. The average Bonchev–Trinajstić information content (AvgIpc) is 2.99. The molecule has 0 saturated heterocycles. The van der Waals surface area contributed by atoms with Crippen LogP contribution in [0.25, 0.3) is 0 Å². The summed E-state index contributed by atoms with van der Waals surface area (Å²) in [7, 11) is -4.87. The first-order valence-electron chi connectivity index (χ1n) is 7.36. The van der Waals surface area contributed by atoms with Crippen molar-refractivity contribution in [3.63, 3.8) is 0 Å². The summed E-state index contributed by atoms with van der Waals surface area (Å²) in [4.78, 5) is 1.28. The highest BCUT2D eigenvalue weighted by Crippen LogP contribution is 2.54. The Hall–Kier alpha value is -0.873. The fraction of sp³-hybridized carbons (Fsp3) is 0.500. The number of hydrogen-bond donors (Lipinski definition) is 0. The zero-order valence-electron chi connectivity index (χ0n) is 12.4. The molecule has 1 fully saturated rings. The molecule has 0 N–H and O–H groups in total. The Bertz CT molecular complexity index is 653. The van der Waals surface area contributed by atoms with Crippen LogP contribution in [-0.2, 0) is 9.84 Å². The zero-order valence-corrected chi connectivity index (χ0v) is 14.2. The van der Waals surface area contributed by atoms with E-state index in [1.165, 1.54) is 11.6 Å². The summed E-state index contributed by atoms with van der Waals surface area (Å²) < 4.78 is 26.1. The van der Waals surface area contributed by atoms with Crippen molar-refractivity contribution in [1.29, 1.82) is 0 Å². The normalized spacial score (nSPS) is 26.4. The van der Waals surface area contributed by atoms with Crippen molar-refractivity contribution in [1.82, 2.24) is 0 Å². The lowest BCUT2D eigenvalue weighted by Gasteiger charge is -2.28. The van der Waals surface area contributed by atoms with E-state index in [9.17, 15) is 8.42 Å². The molecule has 2 nitrogen and oxygen atoms in total. The highest BCUT2D eigenvalue weighted by molar-refractivity contribution is 7.95. The van der Waals surface area contributed by atoms with E-state index < -0.39 is 17.9 Å². The molecule has 20 heavy (non-hydrogen) atoms. The van der Waals surface area contributed by atoms with Crippen molar-refractivity contribution in [3.8, 4) is 0 Å². The van der Waals surface area contributed by atoms with Gasteiger partial charge < -0.3 is 0 Å². The van der Waals surface area contributed by atoms with E-state index in [0.29, 0.717) is 10.8 Å². The fourth-order valence-electron chi connectivity index (χ4n) is 3.98. The minimum Gasteiger partial charge on any atom is -0.219 e. The molecule has 0 unspecified atom stereocenters. The molecule has 108 valence electrons. The molecule has 2 aliphatic carbocycles. The van der Waals surface area contributed by atoms with Crippen molar-refractivity contribution < 1.29 is 8.42 Å². The Morgan fingerprint density at radius 3 is 2.20 bits per heavy atom. The number of rotatable bonds is 3. The van der Waals surface area contributed by atoms with Gasteiger partial charge in [0.2, 0.25) is 9.84 Å². The largest absolute Gasteiger partial charge is 0.219 e. The van der Waals surface area contributed by atoms with E-state index in [-0.39, 0.29) is 5.92 Å². The number of benzene rings is 1. The van der Waals surface area contributed by atoms with Crippen LogP contribution in [-0.4, -0.2) is 16.5 Å². The summed E-state index contributed by atoms with van der Waals surface area (Å²) in [6.45, 7) is 6.84. The van der Waals surface area contributed by atoms with E-state index >= 15 is 0 Å². The maximum absolute atomic E-state index is 13.0. The second kappa shape index (κ2) is 4.57. The summed E-state index contributed by atoms with van der Waals surface area (Å²) in [5.74, 6) is 0.826. The van der Waals surface area contributed by atoms with Crippen LogP contribution >= 0.6 is 0 Å². The first-order valence-corrected chi connectivity index (χ1v) is 12.3. The van der Waals surface area contributed by atoms with Gasteiger partial charge >= 0.3 is 0 Å². The van der Waals surface area contributed by atoms with Crippen LogP contribution in [0.4, 0.5) is 0 Å². The monoisotopic (exact) mass is 306 g/mol. The van der Waals surface area contributed by atoms with Crippen LogP contribution < -0.4 is 0 Å². The summed E-state index contributed by atoms with van der Waals surface area (Å²) in [6.07, 6.45) is 3.32. The molecule has 3 rings (SSSR count). The van der Waals surface area contributed by atoms with Crippen LogP contribution in [0.2, 0.25) is 19.6 Å². The molecule has 1 aromatic carbocycles. The number of fused-ring (bicyclic) bond motifs is 2. The third kappa shape index (κ3) is 2.09. The van der Waals surface area contributed by atoms with Gasteiger partial charge in [-0.15, -0.1) is 0 Å². The molecule has 4 heteroatoms. The van der Waals surface area contributed by atoms with E-state index in [1.54, 1.807) is 12.1 Å². The van der Waals surface area contributed by atoms with Crippen molar-refractivity contribution in [2.45, 2.75) is 43.8 Å². The molecule has 0 aliphatic heterocycles. The Morgan fingerprint density at radius 2 is 1.60 bits per heavy atom. The predicted molar refractivity (Wildman–Crippen MR) is 84.8 cm³/mol. The van der Waals surface area contributed by atoms with E-state index in [4.69, 9.17) is 0 Å². The maximum atomic E-state index is 13.0. The van der Waals surface area contributed by atoms with E-state index in [0.717, 1.165) is 17.7 Å². The minimum atomic E-state index is -3.29. The molecule has 0 spiro atoms. The second-order valence-electron chi connectivity index (χ2n) is 7.05. The lowest BCUT2D eigenvalue weighted by Crippen LogP contribution is -2.31. The molecular formula is C16H22O2SSi. The highest BCUT2D eigenvalue weighted by atomic mass is 32.2. The van der Waals surface area contributed by atoms with Crippen LogP contribution in [0.5, 0.6) is 0 Å². The Kier molecular flexibility index (Phi) is 3.21. The van der Waals surface area contributed by atoms with Gasteiger partial charge in [-0.1, -0.05) is 43.0 Å². The third-order valence-corrected chi connectivity index (χ3v) is 9.13. The van der Waals surface area contributed by atoms with Gasteiger partial charge in [-0.25, -0.2) is 8.42 Å². The second-order valence-corrected chi connectivity index (χ2v) is 14.0. The average molecular weight is 307 g/mol. The summed E-state index contributed by atoms with van der Waals surface area (Å²) in [6, 6.07) is 8.96. The molecule has 2 atom stereocenters. The molecule has 0 heterocycles. The van der Waals surface area contributed by atoms with Gasteiger partial charge in [-0.05, 0) is 43.2 Å². The van der Waals surface area contributed by atoms with Gasteiger partial charge in [0.05, 0.1) is 13.0 Å². The van der Waals surface area contributed by atoms with Crippen LogP contribution in [0.3, 0.4) is 0 Å². The quantitative estimate of drug-likeness (QED) is 0.790. The van der Waals surface area contributed by atoms with Crippen molar-refractivity contribution in [3.05, 3.63) is 40.4 Å². The Labute approximate surface area is 122 Å². The van der Waals surface area contributed by atoms with Gasteiger partial charge in [-0.3, -0.25) is 0 Å². The summed E-state index contributed by atoms with van der Waals surface area (Å²) in [5, 5.41) is 1.33. The van der Waals surface area contributed by atoms with Gasteiger partial charge in [0, 0.05) is 4.91 Å². The molecule has 2 aliphatic rings. The molecule has 1 saturated carbocycles. The summed E-state index contributed by atoms with van der Waals surface area (Å²) in [5.41, 5.74) is 0. The lowest BCUT2D eigenvalue weighted by atomic mass is 10.1. The Balaban J connectivity index is 2.19. The standard InChI is InChI=1S/C16H22O2SSi/c1-20(2,3)16-13-10-9-12(11-13)15(16)19(17,18)14-7-5-4-6-8-14/h4-8,12-13H,9-11H2,1-3H3/t12-,13+/m1/s1. The first-order chi connectivity index (χ1) is 9.32. The predicted octanol–water partition coefficient (Wildman–Crippen LogP) is 4.02. The fourth-order valence-corrected chi connectivity index (χ4v) is 9.61. The van der Waals surface area contributed by atoms with E-state index in [1.807, 2.05) is 18.2 Å². The highest BCUT2D eigenvalue weighted by Gasteiger charge is 2.48. The number of hydrogen-bond acceptors (Lipinski definition) is 2. The van der Waals surface area contributed by atoms with Crippen molar-refractivity contribution >= 4 is 17.9 Å². The number of allylic oxidation sites excluding steroid dienone is 2.